The van der Waals surface area contributed by atoms with Crippen LogP contribution in [0.5, 0.6) is 0 Å². The Balaban J connectivity index is 2.33. The van der Waals surface area contributed by atoms with Crippen LogP contribution >= 0.6 is 11.6 Å². The van der Waals surface area contributed by atoms with E-state index in [-0.39, 0.29) is 15.5 Å². The zero-order valence-corrected chi connectivity index (χ0v) is 16.9. The molecule has 6 nitrogen and oxygen atoms in total. The molecule has 0 aromatic heterocycles. The summed E-state index contributed by atoms with van der Waals surface area (Å²) in [4.78, 5) is 14.4. The van der Waals surface area contributed by atoms with E-state index in [1.165, 1.54) is 32.3 Å². The van der Waals surface area contributed by atoms with Gasteiger partial charge in [0.1, 0.15) is 4.90 Å². The number of benzene rings is 2. The molecule has 0 fully saturated rings. The molecule has 0 aliphatic heterocycles. The number of rotatable bonds is 5. The van der Waals surface area contributed by atoms with Gasteiger partial charge in [-0.2, -0.15) is 0 Å². The van der Waals surface area contributed by atoms with Crippen LogP contribution in [-0.2, 0) is 10.0 Å². The third-order valence-corrected chi connectivity index (χ3v) is 6.19. The zero-order chi connectivity index (χ0) is 19.6. The average molecular weight is 396 g/mol. The van der Waals surface area contributed by atoms with Crippen LogP contribution in [0, 0.1) is 6.92 Å². The Morgan fingerprint density at radius 3 is 2.23 bits per heavy atom. The lowest BCUT2D eigenvalue weighted by molar-refractivity contribution is 0.102. The molecule has 2 rings (SSSR count). The highest BCUT2D eigenvalue weighted by atomic mass is 35.5. The number of nitrogens with one attached hydrogen (secondary N) is 1. The fourth-order valence-corrected chi connectivity index (χ4v) is 3.87. The normalized spacial score (nSPS) is 11.5. The smallest absolute Gasteiger partial charge is 0.255 e. The molecular weight excluding hydrogens is 374 g/mol. The molecule has 8 heteroatoms. The summed E-state index contributed by atoms with van der Waals surface area (Å²) < 4.78 is 25.7. The second-order valence-electron chi connectivity index (χ2n) is 6.28. The molecule has 0 saturated carbocycles. The van der Waals surface area contributed by atoms with Crippen molar-refractivity contribution in [3.63, 3.8) is 0 Å². The Morgan fingerprint density at radius 1 is 1.04 bits per heavy atom. The molecule has 26 heavy (non-hydrogen) atoms. The molecule has 0 spiro atoms. The van der Waals surface area contributed by atoms with Gasteiger partial charge >= 0.3 is 0 Å². The van der Waals surface area contributed by atoms with E-state index in [1.807, 2.05) is 38.1 Å². The molecule has 0 aliphatic rings. The van der Waals surface area contributed by atoms with Gasteiger partial charge in [0.2, 0.25) is 10.0 Å². The number of sulfonamides is 1. The van der Waals surface area contributed by atoms with E-state index in [9.17, 15) is 13.2 Å². The summed E-state index contributed by atoms with van der Waals surface area (Å²) in [6.45, 7) is 1.95. The van der Waals surface area contributed by atoms with Crippen LogP contribution < -0.4 is 10.2 Å². The van der Waals surface area contributed by atoms with Crippen molar-refractivity contribution in [3.8, 4) is 0 Å². The number of nitrogens with zero attached hydrogens (tertiary/aromatic N) is 2. The van der Waals surface area contributed by atoms with Gasteiger partial charge in [0.15, 0.2) is 0 Å². The SMILES string of the molecule is Cc1cc(NC(=O)c2ccc(Cl)c(S(=O)(=O)N(C)C)c2)ccc1N(C)C. The van der Waals surface area contributed by atoms with E-state index >= 15 is 0 Å². The Kier molecular flexibility index (Phi) is 5.95. The third-order valence-electron chi connectivity index (χ3n) is 3.89. The number of carbonyl (C=O) groups is 1. The Labute approximate surface area is 159 Å². The van der Waals surface area contributed by atoms with Crippen molar-refractivity contribution in [3.05, 3.63) is 52.5 Å². The summed E-state index contributed by atoms with van der Waals surface area (Å²) in [5.41, 5.74) is 2.91. The highest BCUT2D eigenvalue weighted by Crippen LogP contribution is 2.26. The lowest BCUT2D eigenvalue weighted by atomic mass is 10.1. The lowest BCUT2D eigenvalue weighted by Crippen LogP contribution is -2.23. The van der Waals surface area contributed by atoms with E-state index in [0.717, 1.165) is 15.6 Å². The predicted octanol–water partition coefficient (Wildman–Crippen LogP) is 3.22. The lowest BCUT2D eigenvalue weighted by Gasteiger charge is -2.17. The summed E-state index contributed by atoms with van der Waals surface area (Å²) in [7, 11) is 2.97. The predicted molar refractivity (Wildman–Crippen MR) is 106 cm³/mol. The van der Waals surface area contributed by atoms with E-state index < -0.39 is 15.9 Å². The Morgan fingerprint density at radius 2 is 1.69 bits per heavy atom. The second-order valence-corrected chi connectivity index (χ2v) is 8.81. The molecule has 0 unspecified atom stereocenters. The summed E-state index contributed by atoms with van der Waals surface area (Å²) in [5, 5.41) is 2.85. The first-order valence-electron chi connectivity index (χ1n) is 7.85. The quantitative estimate of drug-likeness (QED) is 0.843. The first-order chi connectivity index (χ1) is 12.0. The van der Waals surface area contributed by atoms with Gasteiger partial charge in [-0.3, -0.25) is 4.79 Å². The van der Waals surface area contributed by atoms with Gasteiger partial charge in [-0.1, -0.05) is 11.6 Å². The second kappa shape index (κ2) is 7.65. The van der Waals surface area contributed by atoms with Crippen molar-refractivity contribution >= 4 is 38.9 Å². The topological polar surface area (TPSA) is 69.7 Å². The highest BCUT2D eigenvalue weighted by molar-refractivity contribution is 7.89. The van der Waals surface area contributed by atoms with Gasteiger partial charge in [-0.25, -0.2) is 12.7 Å². The molecule has 140 valence electrons. The maximum Gasteiger partial charge on any atom is 0.255 e. The van der Waals surface area contributed by atoms with Gasteiger partial charge in [0.25, 0.3) is 5.91 Å². The van der Waals surface area contributed by atoms with Crippen LogP contribution in [0.1, 0.15) is 15.9 Å². The van der Waals surface area contributed by atoms with Gasteiger partial charge in [-0.05, 0) is 48.9 Å². The first-order valence-corrected chi connectivity index (χ1v) is 9.67. The van der Waals surface area contributed by atoms with Crippen molar-refractivity contribution in [2.24, 2.45) is 0 Å². The molecule has 1 amide bonds. The van der Waals surface area contributed by atoms with E-state index in [4.69, 9.17) is 11.6 Å². The Bertz CT molecular complexity index is 941. The van der Waals surface area contributed by atoms with Gasteiger partial charge in [0.05, 0.1) is 5.02 Å². The fraction of sp³-hybridized carbons (Fsp3) is 0.278. The van der Waals surface area contributed by atoms with Crippen molar-refractivity contribution < 1.29 is 13.2 Å². The number of carbonyl (C=O) groups excluding carboxylic acids is 1. The number of halogens is 1. The monoisotopic (exact) mass is 395 g/mol. The maximum absolute atomic E-state index is 12.5. The van der Waals surface area contributed by atoms with Gasteiger partial charge in [0, 0.05) is 45.1 Å². The van der Waals surface area contributed by atoms with E-state index in [2.05, 4.69) is 5.32 Å². The first kappa shape index (κ1) is 20.2. The molecule has 0 atom stereocenters. The Hall–Kier alpha value is -2.09. The van der Waals surface area contributed by atoms with Gasteiger partial charge in [-0.15, -0.1) is 0 Å². The van der Waals surface area contributed by atoms with Crippen LogP contribution in [0.4, 0.5) is 11.4 Å². The molecule has 2 aromatic carbocycles. The number of hydrogen-bond acceptors (Lipinski definition) is 4. The third kappa shape index (κ3) is 4.17. The van der Waals surface area contributed by atoms with Crippen LogP contribution in [0.3, 0.4) is 0 Å². The standard InChI is InChI=1S/C18H22ClN3O3S/c1-12-10-14(7-9-16(12)21(2)3)20-18(23)13-6-8-15(19)17(11-13)26(24,25)22(4)5/h6-11H,1-5H3,(H,20,23). The number of aryl methyl sites for hydroxylation is 1. The molecule has 0 bridgehead atoms. The fourth-order valence-electron chi connectivity index (χ4n) is 2.48. The minimum absolute atomic E-state index is 0.0708. The van der Waals surface area contributed by atoms with Crippen molar-refractivity contribution in [1.29, 1.82) is 0 Å². The van der Waals surface area contributed by atoms with Crippen LogP contribution in [0.15, 0.2) is 41.3 Å². The molecule has 0 aliphatic carbocycles. The van der Waals surface area contributed by atoms with Crippen molar-refractivity contribution in [1.82, 2.24) is 4.31 Å². The van der Waals surface area contributed by atoms with Crippen LogP contribution in [0.2, 0.25) is 5.02 Å². The molecule has 0 saturated heterocycles. The molecule has 0 heterocycles. The van der Waals surface area contributed by atoms with Crippen molar-refractivity contribution in [2.75, 3.05) is 38.4 Å². The zero-order valence-electron chi connectivity index (χ0n) is 15.4. The average Bonchev–Trinajstić information content (AvgIpc) is 2.54. The number of amides is 1. The minimum atomic E-state index is -3.74. The molecule has 2 aromatic rings. The summed E-state index contributed by atoms with van der Waals surface area (Å²) in [6, 6.07) is 9.76. The van der Waals surface area contributed by atoms with Crippen molar-refractivity contribution in [2.45, 2.75) is 11.8 Å². The van der Waals surface area contributed by atoms with Gasteiger partial charge < -0.3 is 10.2 Å². The summed E-state index contributed by atoms with van der Waals surface area (Å²) >= 11 is 6.02. The highest BCUT2D eigenvalue weighted by Gasteiger charge is 2.22. The molecule has 1 N–H and O–H groups in total. The molecular formula is C18H22ClN3O3S. The molecule has 0 radical (unpaired) electrons. The largest absolute Gasteiger partial charge is 0.377 e. The number of hydrogen-bond donors (Lipinski definition) is 1. The van der Waals surface area contributed by atoms with Crippen LogP contribution in [-0.4, -0.2) is 46.8 Å². The maximum atomic E-state index is 12.5. The minimum Gasteiger partial charge on any atom is -0.377 e. The van der Waals surface area contributed by atoms with E-state index in [1.54, 1.807) is 6.07 Å². The summed E-state index contributed by atoms with van der Waals surface area (Å²) in [6.07, 6.45) is 0. The van der Waals surface area contributed by atoms with E-state index in [0.29, 0.717) is 5.69 Å². The van der Waals surface area contributed by atoms with Crippen LogP contribution in [0.25, 0.3) is 0 Å². The summed E-state index contributed by atoms with van der Waals surface area (Å²) in [5.74, 6) is -0.408. The number of anilines is 2.